The lowest BCUT2D eigenvalue weighted by molar-refractivity contribution is 0.552. The van der Waals surface area contributed by atoms with Gasteiger partial charge in [0.25, 0.3) is 0 Å². The number of alkyl halides is 1. The molecule has 0 fully saturated rings. The molecule has 0 spiro atoms. The highest BCUT2D eigenvalue weighted by Crippen LogP contribution is 2.33. The zero-order valence-electron chi connectivity index (χ0n) is 11.5. The lowest BCUT2D eigenvalue weighted by Crippen LogP contribution is -2.13. The summed E-state index contributed by atoms with van der Waals surface area (Å²) in [6, 6.07) is 8.37. The fourth-order valence-corrected chi connectivity index (χ4v) is 3.50. The van der Waals surface area contributed by atoms with Crippen LogP contribution >= 0.6 is 22.9 Å². The van der Waals surface area contributed by atoms with Crippen molar-refractivity contribution < 1.29 is 0 Å². The number of benzene rings is 1. The summed E-state index contributed by atoms with van der Waals surface area (Å²) in [5, 5.41) is 2.99. The van der Waals surface area contributed by atoms with Crippen LogP contribution in [0.25, 0.3) is 11.0 Å². The molecule has 0 aliphatic rings. The smallest absolute Gasteiger partial charge is 0.128 e. The number of rotatable bonds is 4. The largest absolute Gasteiger partial charge is 0.317 e. The number of fused-ring (bicyclic) bond motifs is 1. The third-order valence-corrected chi connectivity index (χ3v) is 4.49. The maximum atomic E-state index is 6.34. The van der Waals surface area contributed by atoms with Crippen molar-refractivity contribution in [1.29, 1.82) is 0 Å². The average molecular weight is 306 g/mol. The molecule has 0 aliphatic carbocycles. The van der Waals surface area contributed by atoms with Crippen LogP contribution in [-0.2, 0) is 0 Å². The maximum absolute atomic E-state index is 6.34. The molecule has 104 valence electrons. The van der Waals surface area contributed by atoms with Gasteiger partial charge in [-0.3, -0.25) is 0 Å². The lowest BCUT2D eigenvalue weighted by atomic mass is 10.2. The van der Waals surface area contributed by atoms with Gasteiger partial charge in [-0.05, 0) is 25.5 Å². The molecule has 3 aromatic rings. The molecule has 1 aromatic carbocycles. The van der Waals surface area contributed by atoms with Crippen LogP contribution < -0.4 is 0 Å². The molecule has 2 aromatic heterocycles. The molecule has 2 atom stereocenters. The molecule has 0 radical (unpaired) electrons. The zero-order chi connectivity index (χ0) is 14.1. The summed E-state index contributed by atoms with van der Waals surface area (Å²) < 4.78 is 2.24. The predicted octanol–water partition coefficient (Wildman–Crippen LogP) is 4.79. The van der Waals surface area contributed by atoms with Crippen LogP contribution in [-0.4, -0.2) is 14.5 Å². The van der Waals surface area contributed by atoms with Gasteiger partial charge in [-0.2, -0.15) is 0 Å². The van der Waals surface area contributed by atoms with E-state index in [0.717, 1.165) is 28.3 Å². The number of para-hydroxylation sites is 2. The van der Waals surface area contributed by atoms with E-state index in [1.54, 1.807) is 11.3 Å². The van der Waals surface area contributed by atoms with E-state index < -0.39 is 0 Å². The Morgan fingerprint density at radius 3 is 2.80 bits per heavy atom. The standard InChI is InChI=1S/C15H16ClN3S/c1-3-12(15-17-8-9-20-15)19-13-7-5-4-6-11(13)18-14(19)10(2)16/h4-10,12H,3H2,1-2H3. The Balaban J connectivity index is 2.24. The quantitative estimate of drug-likeness (QED) is 0.649. The summed E-state index contributed by atoms with van der Waals surface area (Å²) >= 11 is 8.02. The number of aromatic nitrogens is 3. The summed E-state index contributed by atoms with van der Waals surface area (Å²) in [4.78, 5) is 9.18. The molecular formula is C15H16ClN3S. The van der Waals surface area contributed by atoms with Crippen LogP contribution in [0.3, 0.4) is 0 Å². The lowest BCUT2D eigenvalue weighted by Gasteiger charge is -2.19. The minimum atomic E-state index is -0.128. The molecule has 0 saturated heterocycles. The van der Waals surface area contributed by atoms with Gasteiger partial charge in [0, 0.05) is 11.6 Å². The van der Waals surface area contributed by atoms with E-state index >= 15 is 0 Å². The molecule has 5 heteroatoms. The zero-order valence-corrected chi connectivity index (χ0v) is 13.0. The Kier molecular flexibility index (Phi) is 3.76. The Morgan fingerprint density at radius 2 is 2.15 bits per heavy atom. The number of nitrogens with zero attached hydrogens (tertiary/aromatic N) is 3. The van der Waals surface area contributed by atoms with Crippen LogP contribution in [0.5, 0.6) is 0 Å². The van der Waals surface area contributed by atoms with Crippen LogP contribution in [0.15, 0.2) is 35.8 Å². The maximum Gasteiger partial charge on any atom is 0.128 e. The highest BCUT2D eigenvalue weighted by molar-refractivity contribution is 7.09. The van der Waals surface area contributed by atoms with Crippen molar-refractivity contribution in [3.8, 4) is 0 Å². The van der Waals surface area contributed by atoms with Crippen molar-refractivity contribution in [1.82, 2.24) is 14.5 Å². The molecular weight excluding hydrogens is 290 g/mol. The van der Waals surface area contributed by atoms with E-state index in [0.29, 0.717) is 0 Å². The van der Waals surface area contributed by atoms with E-state index in [2.05, 4.69) is 22.5 Å². The van der Waals surface area contributed by atoms with Gasteiger partial charge in [0.05, 0.1) is 22.5 Å². The molecule has 20 heavy (non-hydrogen) atoms. The monoisotopic (exact) mass is 305 g/mol. The molecule has 0 bridgehead atoms. The van der Waals surface area contributed by atoms with Gasteiger partial charge in [-0.1, -0.05) is 19.1 Å². The van der Waals surface area contributed by atoms with Gasteiger partial charge in [0.15, 0.2) is 0 Å². The summed E-state index contributed by atoms with van der Waals surface area (Å²) in [5.74, 6) is 0.912. The van der Waals surface area contributed by atoms with E-state index in [1.165, 1.54) is 0 Å². The third-order valence-electron chi connectivity index (χ3n) is 3.41. The minimum Gasteiger partial charge on any atom is -0.317 e. The van der Waals surface area contributed by atoms with Crippen molar-refractivity contribution in [3.05, 3.63) is 46.7 Å². The van der Waals surface area contributed by atoms with Gasteiger partial charge in [0.2, 0.25) is 0 Å². The van der Waals surface area contributed by atoms with Gasteiger partial charge in [-0.25, -0.2) is 9.97 Å². The van der Waals surface area contributed by atoms with Crippen molar-refractivity contribution >= 4 is 34.0 Å². The molecule has 2 unspecified atom stereocenters. The SMILES string of the molecule is CCC(c1nccs1)n1c(C(C)Cl)nc2ccccc21. The van der Waals surface area contributed by atoms with Crippen molar-refractivity contribution in [2.24, 2.45) is 0 Å². The first kappa shape index (κ1) is 13.6. The summed E-state index contributed by atoms with van der Waals surface area (Å²) in [7, 11) is 0. The van der Waals surface area contributed by atoms with Crippen molar-refractivity contribution in [2.75, 3.05) is 0 Å². The number of hydrogen-bond acceptors (Lipinski definition) is 3. The molecule has 0 saturated carbocycles. The average Bonchev–Trinajstić information content (AvgIpc) is 3.08. The van der Waals surface area contributed by atoms with Crippen LogP contribution in [0.2, 0.25) is 0 Å². The molecule has 3 rings (SSSR count). The second-order valence-electron chi connectivity index (χ2n) is 4.74. The fraction of sp³-hybridized carbons (Fsp3) is 0.333. The minimum absolute atomic E-state index is 0.128. The third kappa shape index (κ3) is 2.23. The Labute approximate surface area is 127 Å². The van der Waals surface area contributed by atoms with Crippen molar-refractivity contribution in [3.63, 3.8) is 0 Å². The van der Waals surface area contributed by atoms with Crippen molar-refractivity contribution in [2.45, 2.75) is 31.7 Å². The normalized spacial score (nSPS) is 14.6. The number of thiazole rings is 1. The van der Waals surface area contributed by atoms with E-state index in [4.69, 9.17) is 16.6 Å². The van der Waals surface area contributed by atoms with Gasteiger partial charge >= 0.3 is 0 Å². The molecule has 2 heterocycles. The fourth-order valence-electron chi connectivity index (χ4n) is 2.54. The molecule has 3 nitrogen and oxygen atoms in total. The molecule has 0 N–H and O–H groups in total. The second kappa shape index (κ2) is 5.54. The summed E-state index contributed by atoms with van der Waals surface area (Å²) in [6.07, 6.45) is 2.82. The van der Waals surface area contributed by atoms with Crippen LogP contribution in [0.1, 0.15) is 42.5 Å². The molecule has 0 amide bonds. The first-order valence-corrected chi connectivity index (χ1v) is 8.04. The number of halogens is 1. The first-order valence-electron chi connectivity index (χ1n) is 6.72. The predicted molar refractivity (Wildman–Crippen MR) is 84.5 cm³/mol. The van der Waals surface area contributed by atoms with Crippen LogP contribution in [0.4, 0.5) is 0 Å². The first-order chi connectivity index (χ1) is 9.72. The Hall–Kier alpha value is -1.39. The van der Waals surface area contributed by atoms with Gasteiger partial charge in [-0.15, -0.1) is 22.9 Å². The molecule has 0 aliphatic heterocycles. The Bertz CT molecular complexity index is 703. The number of imidazole rings is 1. The van der Waals surface area contributed by atoms with E-state index in [9.17, 15) is 0 Å². The van der Waals surface area contributed by atoms with Gasteiger partial charge < -0.3 is 4.57 Å². The topological polar surface area (TPSA) is 30.7 Å². The second-order valence-corrected chi connectivity index (χ2v) is 6.32. The summed E-state index contributed by atoms with van der Waals surface area (Å²) in [6.45, 7) is 4.14. The summed E-state index contributed by atoms with van der Waals surface area (Å²) in [5.41, 5.74) is 2.11. The highest BCUT2D eigenvalue weighted by Gasteiger charge is 2.23. The van der Waals surface area contributed by atoms with Crippen LogP contribution in [0, 0.1) is 0 Å². The van der Waals surface area contributed by atoms with E-state index in [1.807, 2.05) is 36.7 Å². The Morgan fingerprint density at radius 1 is 1.35 bits per heavy atom. The van der Waals surface area contributed by atoms with E-state index in [-0.39, 0.29) is 11.4 Å². The van der Waals surface area contributed by atoms with Gasteiger partial charge in [0.1, 0.15) is 10.8 Å². The number of hydrogen-bond donors (Lipinski definition) is 0. The highest BCUT2D eigenvalue weighted by atomic mass is 35.5.